The first kappa shape index (κ1) is 18.1. The number of hydrogen-bond acceptors (Lipinski definition) is 6. The molecule has 1 aliphatic heterocycles. The van der Waals surface area contributed by atoms with E-state index in [0.29, 0.717) is 17.4 Å². The highest BCUT2D eigenvalue weighted by molar-refractivity contribution is 5.86. The molecule has 0 aliphatic carbocycles. The number of anilines is 1. The molecule has 7 heteroatoms. The van der Waals surface area contributed by atoms with Gasteiger partial charge in [-0.25, -0.2) is 9.97 Å². The average Bonchev–Trinajstić information content (AvgIpc) is 3.16. The van der Waals surface area contributed by atoms with Crippen LogP contribution in [-0.2, 0) is 4.74 Å². The van der Waals surface area contributed by atoms with E-state index in [1.54, 1.807) is 0 Å². The standard InChI is InChI=1S/C18H28N4O3/c1-3-5-11(6-4-2)14-15(24)13(9-23)25-18(14)22-8-7-12-16(19)20-10-21-17(12)22/h7-8,10-11,13-15,18,23-24H,3-6,9H2,1-2H3,(H2,19,20,21). The molecular formula is C18H28N4O3. The van der Waals surface area contributed by atoms with Gasteiger partial charge in [0.05, 0.1) is 18.1 Å². The first-order chi connectivity index (χ1) is 12.1. The summed E-state index contributed by atoms with van der Waals surface area (Å²) in [4.78, 5) is 8.39. The fraction of sp³-hybridized carbons (Fsp3) is 0.667. The number of hydrogen-bond donors (Lipinski definition) is 3. The van der Waals surface area contributed by atoms with Crippen LogP contribution in [0.2, 0.25) is 0 Å². The van der Waals surface area contributed by atoms with Crippen LogP contribution in [0.1, 0.15) is 45.8 Å². The molecule has 0 bridgehead atoms. The molecule has 0 radical (unpaired) electrons. The highest BCUT2D eigenvalue weighted by atomic mass is 16.5. The van der Waals surface area contributed by atoms with Gasteiger partial charge in [0.1, 0.15) is 30.1 Å². The molecule has 0 aromatic carbocycles. The molecule has 4 N–H and O–H groups in total. The third kappa shape index (κ3) is 3.23. The Labute approximate surface area is 147 Å². The summed E-state index contributed by atoms with van der Waals surface area (Å²) in [6.07, 6.45) is 5.80. The molecular weight excluding hydrogens is 320 g/mol. The van der Waals surface area contributed by atoms with E-state index >= 15 is 0 Å². The SMILES string of the molecule is CCCC(CCC)C1C(O)C(CO)OC1n1ccc2c(N)ncnc21. The van der Waals surface area contributed by atoms with E-state index < -0.39 is 12.2 Å². The van der Waals surface area contributed by atoms with Crippen LogP contribution in [0.4, 0.5) is 5.82 Å². The van der Waals surface area contributed by atoms with Crippen LogP contribution in [0.5, 0.6) is 0 Å². The molecule has 25 heavy (non-hydrogen) atoms. The van der Waals surface area contributed by atoms with Gasteiger partial charge in [-0.2, -0.15) is 0 Å². The molecule has 0 spiro atoms. The first-order valence-corrected chi connectivity index (χ1v) is 9.13. The normalized spacial score (nSPS) is 26.8. The molecule has 4 atom stereocenters. The third-order valence-electron chi connectivity index (χ3n) is 5.28. The summed E-state index contributed by atoms with van der Waals surface area (Å²) >= 11 is 0. The minimum Gasteiger partial charge on any atom is -0.394 e. The summed E-state index contributed by atoms with van der Waals surface area (Å²) < 4.78 is 7.99. The van der Waals surface area contributed by atoms with Crippen LogP contribution >= 0.6 is 0 Å². The van der Waals surface area contributed by atoms with Gasteiger partial charge in [-0.3, -0.25) is 0 Å². The topological polar surface area (TPSA) is 106 Å². The zero-order chi connectivity index (χ0) is 18.0. The Morgan fingerprint density at radius 1 is 1.28 bits per heavy atom. The van der Waals surface area contributed by atoms with Crippen molar-refractivity contribution in [3.8, 4) is 0 Å². The lowest BCUT2D eigenvalue weighted by Crippen LogP contribution is -2.34. The first-order valence-electron chi connectivity index (χ1n) is 9.13. The van der Waals surface area contributed by atoms with Gasteiger partial charge < -0.3 is 25.3 Å². The van der Waals surface area contributed by atoms with Crippen LogP contribution in [0.25, 0.3) is 11.0 Å². The fourth-order valence-electron chi connectivity index (χ4n) is 4.15. The number of ether oxygens (including phenoxy) is 1. The van der Waals surface area contributed by atoms with Crippen molar-refractivity contribution in [3.05, 3.63) is 18.6 Å². The van der Waals surface area contributed by atoms with E-state index in [2.05, 4.69) is 23.8 Å². The number of rotatable bonds is 7. The number of nitrogens with zero attached hydrogens (tertiary/aromatic N) is 3. The van der Waals surface area contributed by atoms with Crippen LogP contribution < -0.4 is 5.73 Å². The van der Waals surface area contributed by atoms with Gasteiger partial charge in [0.2, 0.25) is 0 Å². The maximum atomic E-state index is 10.8. The summed E-state index contributed by atoms with van der Waals surface area (Å²) in [7, 11) is 0. The monoisotopic (exact) mass is 348 g/mol. The molecule has 0 saturated carbocycles. The summed E-state index contributed by atoms with van der Waals surface area (Å²) in [5, 5.41) is 21.2. The Kier molecular flexibility index (Phi) is 5.56. The highest BCUT2D eigenvalue weighted by Gasteiger charge is 2.47. The lowest BCUT2D eigenvalue weighted by Gasteiger charge is -2.30. The second kappa shape index (κ2) is 7.68. The van der Waals surface area contributed by atoms with Crippen molar-refractivity contribution >= 4 is 16.9 Å². The van der Waals surface area contributed by atoms with Crippen molar-refractivity contribution in [1.29, 1.82) is 0 Å². The summed E-state index contributed by atoms with van der Waals surface area (Å²) in [6.45, 7) is 4.11. The molecule has 1 fully saturated rings. The molecule has 0 amide bonds. The fourth-order valence-corrected chi connectivity index (χ4v) is 4.15. The van der Waals surface area contributed by atoms with Crippen molar-refractivity contribution in [1.82, 2.24) is 14.5 Å². The largest absolute Gasteiger partial charge is 0.394 e. The van der Waals surface area contributed by atoms with E-state index in [1.165, 1.54) is 6.33 Å². The average molecular weight is 348 g/mol. The van der Waals surface area contributed by atoms with E-state index in [-0.39, 0.29) is 18.8 Å². The smallest absolute Gasteiger partial charge is 0.147 e. The molecule has 138 valence electrons. The lowest BCUT2D eigenvalue weighted by atomic mass is 9.80. The molecule has 1 aliphatic rings. The minimum atomic E-state index is -0.699. The van der Waals surface area contributed by atoms with Crippen molar-refractivity contribution in [3.63, 3.8) is 0 Å². The van der Waals surface area contributed by atoms with Crippen molar-refractivity contribution < 1.29 is 14.9 Å². The number of nitrogens with two attached hydrogens (primary N) is 1. The van der Waals surface area contributed by atoms with Crippen molar-refractivity contribution in [2.75, 3.05) is 12.3 Å². The zero-order valence-electron chi connectivity index (χ0n) is 14.9. The number of aliphatic hydroxyl groups excluding tert-OH is 2. The lowest BCUT2D eigenvalue weighted by molar-refractivity contribution is -0.0467. The predicted molar refractivity (Wildman–Crippen MR) is 95.7 cm³/mol. The van der Waals surface area contributed by atoms with Crippen LogP contribution in [0.15, 0.2) is 18.6 Å². The van der Waals surface area contributed by atoms with Crippen LogP contribution in [0.3, 0.4) is 0 Å². The Morgan fingerprint density at radius 2 is 2.00 bits per heavy atom. The van der Waals surface area contributed by atoms with Gasteiger partial charge in [-0.15, -0.1) is 0 Å². The molecule has 7 nitrogen and oxygen atoms in total. The molecule has 1 saturated heterocycles. The summed E-state index contributed by atoms with van der Waals surface area (Å²) in [5.41, 5.74) is 6.64. The zero-order valence-corrected chi connectivity index (χ0v) is 14.9. The van der Waals surface area contributed by atoms with Gasteiger partial charge in [0, 0.05) is 12.1 Å². The highest BCUT2D eigenvalue weighted by Crippen LogP contribution is 2.44. The van der Waals surface area contributed by atoms with Gasteiger partial charge in [0.15, 0.2) is 0 Å². The molecule has 2 aromatic rings. The maximum Gasteiger partial charge on any atom is 0.147 e. The minimum absolute atomic E-state index is 0.0937. The van der Waals surface area contributed by atoms with Gasteiger partial charge in [-0.05, 0) is 12.0 Å². The van der Waals surface area contributed by atoms with Gasteiger partial charge >= 0.3 is 0 Å². The van der Waals surface area contributed by atoms with Gasteiger partial charge in [0.25, 0.3) is 0 Å². The Hall–Kier alpha value is -1.70. The summed E-state index contributed by atoms with van der Waals surface area (Å²) in [5.74, 6) is 0.656. The second-order valence-corrected chi connectivity index (χ2v) is 6.87. The quantitative estimate of drug-likeness (QED) is 0.707. The van der Waals surface area contributed by atoms with Crippen LogP contribution in [0, 0.1) is 11.8 Å². The Bertz CT molecular complexity index is 699. The maximum absolute atomic E-state index is 10.8. The second-order valence-electron chi connectivity index (χ2n) is 6.87. The van der Waals surface area contributed by atoms with Crippen molar-refractivity contribution in [2.24, 2.45) is 11.8 Å². The van der Waals surface area contributed by atoms with Gasteiger partial charge in [-0.1, -0.05) is 39.5 Å². The van der Waals surface area contributed by atoms with E-state index in [4.69, 9.17) is 10.5 Å². The molecule has 3 rings (SSSR count). The predicted octanol–water partition coefficient (Wildman–Crippen LogP) is 2.10. The molecule has 4 unspecified atom stereocenters. The number of nitrogen functional groups attached to an aromatic ring is 1. The number of aromatic nitrogens is 3. The van der Waals surface area contributed by atoms with E-state index in [0.717, 1.165) is 31.1 Å². The number of aliphatic hydroxyl groups is 2. The molecule has 3 heterocycles. The number of fused-ring (bicyclic) bond motifs is 1. The third-order valence-corrected chi connectivity index (χ3v) is 5.28. The van der Waals surface area contributed by atoms with E-state index in [9.17, 15) is 10.2 Å². The summed E-state index contributed by atoms with van der Waals surface area (Å²) in [6, 6.07) is 1.87. The van der Waals surface area contributed by atoms with E-state index in [1.807, 2.05) is 16.8 Å². The molecule has 2 aromatic heterocycles. The Morgan fingerprint density at radius 3 is 2.64 bits per heavy atom. The van der Waals surface area contributed by atoms with Crippen molar-refractivity contribution in [2.45, 2.75) is 58.0 Å². The van der Waals surface area contributed by atoms with Crippen LogP contribution in [-0.4, -0.2) is 43.6 Å². The Balaban J connectivity index is 2.02.